The van der Waals surface area contributed by atoms with Gasteiger partial charge >= 0.3 is 0 Å². The average Bonchev–Trinajstić information content (AvgIpc) is 2.61. The lowest BCUT2D eigenvalue weighted by Crippen LogP contribution is -2.41. The Morgan fingerprint density at radius 1 is 1.09 bits per heavy atom. The molecule has 122 valence electrons. The first-order valence-electron chi connectivity index (χ1n) is 7.71. The van der Waals surface area contributed by atoms with Crippen LogP contribution in [0.4, 0.5) is 5.69 Å². The van der Waals surface area contributed by atoms with E-state index in [2.05, 4.69) is 5.32 Å². The molecule has 0 aliphatic heterocycles. The van der Waals surface area contributed by atoms with Gasteiger partial charge in [-0.1, -0.05) is 37.3 Å². The molecule has 23 heavy (non-hydrogen) atoms. The van der Waals surface area contributed by atoms with Gasteiger partial charge in [0.05, 0.1) is 0 Å². The van der Waals surface area contributed by atoms with Crippen LogP contribution < -0.4 is 10.1 Å². The normalized spacial score (nSPS) is 13.2. The molecule has 4 heteroatoms. The predicted octanol–water partition coefficient (Wildman–Crippen LogP) is 4.02. The summed E-state index contributed by atoms with van der Waals surface area (Å²) in [4.78, 5) is 12.2. The fraction of sp³-hybridized carbons (Fsp3) is 0.316. The van der Waals surface area contributed by atoms with Crippen molar-refractivity contribution in [2.75, 3.05) is 12.4 Å². The van der Waals surface area contributed by atoms with Gasteiger partial charge in [-0.25, -0.2) is 0 Å². The van der Waals surface area contributed by atoms with Gasteiger partial charge < -0.3 is 14.8 Å². The Labute approximate surface area is 137 Å². The number of anilines is 1. The van der Waals surface area contributed by atoms with Gasteiger partial charge in [0.1, 0.15) is 18.0 Å². The Bertz CT molecular complexity index is 619. The summed E-state index contributed by atoms with van der Waals surface area (Å²) in [5.41, 5.74) is 1.02. The van der Waals surface area contributed by atoms with E-state index in [9.17, 15) is 4.79 Å². The number of amides is 1. The van der Waals surface area contributed by atoms with E-state index in [0.717, 1.165) is 17.0 Å². The molecule has 2 aromatic carbocycles. The Morgan fingerprint density at radius 2 is 1.74 bits per heavy atom. The van der Waals surface area contributed by atoms with Crippen LogP contribution in [0, 0.1) is 0 Å². The van der Waals surface area contributed by atoms with Crippen molar-refractivity contribution in [3.05, 3.63) is 60.2 Å². The van der Waals surface area contributed by atoms with Crippen LogP contribution in [0.1, 0.15) is 25.8 Å². The summed E-state index contributed by atoms with van der Waals surface area (Å²) in [7, 11) is 1.55. The lowest BCUT2D eigenvalue weighted by molar-refractivity contribution is -0.136. The van der Waals surface area contributed by atoms with E-state index in [1.807, 2.05) is 61.5 Å². The fourth-order valence-electron chi connectivity index (χ4n) is 2.04. The minimum Gasteiger partial charge on any atom is -0.489 e. The molecule has 0 aromatic heterocycles. The zero-order valence-corrected chi connectivity index (χ0v) is 13.8. The molecule has 0 radical (unpaired) electrons. The Morgan fingerprint density at radius 3 is 2.30 bits per heavy atom. The van der Waals surface area contributed by atoms with Crippen LogP contribution >= 0.6 is 0 Å². The molecule has 0 bridgehead atoms. The van der Waals surface area contributed by atoms with E-state index >= 15 is 0 Å². The lowest BCUT2D eigenvalue weighted by atomic mass is 10.0. The number of hydrogen-bond donors (Lipinski definition) is 1. The maximum absolute atomic E-state index is 12.2. The zero-order chi connectivity index (χ0) is 16.7. The van der Waals surface area contributed by atoms with E-state index in [4.69, 9.17) is 9.47 Å². The van der Waals surface area contributed by atoms with Crippen molar-refractivity contribution in [1.82, 2.24) is 0 Å². The van der Waals surface area contributed by atoms with Crippen LogP contribution in [0.25, 0.3) is 0 Å². The summed E-state index contributed by atoms with van der Waals surface area (Å²) in [6.45, 7) is 4.22. The van der Waals surface area contributed by atoms with Crippen molar-refractivity contribution in [2.24, 2.45) is 0 Å². The molecular weight excluding hydrogens is 290 g/mol. The summed E-state index contributed by atoms with van der Waals surface area (Å²) >= 11 is 0. The second kappa shape index (κ2) is 7.79. The molecule has 4 nitrogen and oxygen atoms in total. The molecule has 1 N–H and O–H groups in total. The molecule has 1 atom stereocenters. The SMILES string of the molecule is CC[C@@](C)(OC)C(=O)Nc1ccc(OCc2ccccc2)cc1. The molecule has 1 amide bonds. The third kappa shape index (κ3) is 4.57. The summed E-state index contributed by atoms with van der Waals surface area (Å²) < 4.78 is 11.0. The van der Waals surface area contributed by atoms with Crippen LogP contribution in [0.5, 0.6) is 5.75 Å². The highest BCUT2D eigenvalue weighted by atomic mass is 16.5. The molecule has 0 fully saturated rings. The first-order valence-corrected chi connectivity index (χ1v) is 7.71. The number of hydrogen-bond acceptors (Lipinski definition) is 3. The van der Waals surface area contributed by atoms with E-state index < -0.39 is 5.60 Å². The smallest absolute Gasteiger partial charge is 0.256 e. The van der Waals surface area contributed by atoms with Gasteiger partial charge in [-0.2, -0.15) is 0 Å². The number of benzene rings is 2. The van der Waals surface area contributed by atoms with Gasteiger partial charge in [0.2, 0.25) is 0 Å². The van der Waals surface area contributed by atoms with E-state index in [-0.39, 0.29) is 5.91 Å². The van der Waals surface area contributed by atoms with E-state index in [1.54, 1.807) is 14.0 Å². The first-order chi connectivity index (χ1) is 11.1. The highest BCUT2D eigenvalue weighted by molar-refractivity contribution is 5.97. The number of nitrogens with one attached hydrogen (secondary N) is 1. The van der Waals surface area contributed by atoms with Crippen LogP contribution in [0.15, 0.2) is 54.6 Å². The molecule has 0 spiro atoms. The fourth-order valence-corrected chi connectivity index (χ4v) is 2.04. The standard InChI is InChI=1S/C19H23NO3/c1-4-19(2,22-3)18(21)20-16-10-12-17(13-11-16)23-14-15-8-6-5-7-9-15/h5-13H,4,14H2,1-3H3,(H,20,21)/t19-/m1/s1. The molecule has 0 aliphatic rings. The molecule has 2 rings (SSSR count). The van der Waals surface area contributed by atoms with Crippen molar-refractivity contribution in [1.29, 1.82) is 0 Å². The molecule has 2 aromatic rings. The topological polar surface area (TPSA) is 47.6 Å². The summed E-state index contributed by atoms with van der Waals surface area (Å²) in [6, 6.07) is 17.3. The molecule has 0 saturated heterocycles. The Balaban J connectivity index is 1.93. The van der Waals surface area contributed by atoms with Crippen molar-refractivity contribution in [3.63, 3.8) is 0 Å². The zero-order valence-electron chi connectivity index (χ0n) is 13.8. The number of carbonyl (C=O) groups is 1. The van der Waals surface area contributed by atoms with E-state index in [0.29, 0.717) is 13.0 Å². The van der Waals surface area contributed by atoms with Gasteiger partial charge in [0, 0.05) is 12.8 Å². The third-order valence-electron chi connectivity index (χ3n) is 3.97. The minimum atomic E-state index is -0.817. The monoisotopic (exact) mass is 313 g/mol. The quantitative estimate of drug-likeness (QED) is 0.840. The highest BCUT2D eigenvalue weighted by Gasteiger charge is 2.30. The second-order valence-corrected chi connectivity index (χ2v) is 5.54. The Kier molecular flexibility index (Phi) is 5.77. The molecule has 0 saturated carbocycles. The molecule has 0 heterocycles. The number of ether oxygens (including phenoxy) is 2. The van der Waals surface area contributed by atoms with Gasteiger partial charge in [0.15, 0.2) is 0 Å². The van der Waals surface area contributed by atoms with Crippen LogP contribution in [0.2, 0.25) is 0 Å². The maximum Gasteiger partial charge on any atom is 0.256 e. The van der Waals surface area contributed by atoms with Crippen molar-refractivity contribution in [3.8, 4) is 5.75 Å². The molecule has 0 aliphatic carbocycles. The highest BCUT2D eigenvalue weighted by Crippen LogP contribution is 2.20. The van der Waals surface area contributed by atoms with Crippen LogP contribution in [-0.4, -0.2) is 18.6 Å². The van der Waals surface area contributed by atoms with Crippen molar-refractivity contribution >= 4 is 11.6 Å². The van der Waals surface area contributed by atoms with Crippen LogP contribution in [0.3, 0.4) is 0 Å². The maximum atomic E-state index is 12.2. The average molecular weight is 313 g/mol. The third-order valence-corrected chi connectivity index (χ3v) is 3.97. The summed E-state index contributed by atoms with van der Waals surface area (Å²) in [6.07, 6.45) is 0.605. The number of carbonyl (C=O) groups excluding carboxylic acids is 1. The largest absolute Gasteiger partial charge is 0.489 e. The van der Waals surface area contributed by atoms with Gasteiger partial charge in [-0.3, -0.25) is 4.79 Å². The van der Waals surface area contributed by atoms with Crippen molar-refractivity contribution in [2.45, 2.75) is 32.5 Å². The van der Waals surface area contributed by atoms with Crippen molar-refractivity contribution < 1.29 is 14.3 Å². The second-order valence-electron chi connectivity index (χ2n) is 5.54. The minimum absolute atomic E-state index is 0.152. The first kappa shape index (κ1) is 17.0. The summed E-state index contributed by atoms with van der Waals surface area (Å²) in [5, 5.41) is 2.87. The van der Waals surface area contributed by atoms with E-state index in [1.165, 1.54) is 0 Å². The molecular formula is C19H23NO3. The van der Waals surface area contributed by atoms with Gasteiger partial charge in [0.25, 0.3) is 5.91 Å². The van der Waals surface area contributed by atoms with Gasteiger partial charge in [-0.05, 0) is 43.2 Å². The number of methoxy groups -OCH3 is 1. The number of rotatable bonds is 7. The predicted molar refractivity (Wildman–Crippen MR) is 91.6 cm³/mol. The molecule has 0 unspecified atom stereocenters. The summed E-state index contributed by atoms with van der Waals surface area (Å²) in [5.74, 6) is 0.609. The van der Waals surface area contributed by atoms with Gasteiger partial charge in [-0.15, -0.1) is 0 Å². The lowest BCUT2D eigenvalue weighted by Gasteiger charge is -2.25. The van der Waals surface area contributed by atoms with Crippen LogP contribution in [-0.2, 0) is 16.1 Å². The Hall–Kier alpha value is -2.33.